The summed E-state index contributed by atoms with van der Waals surface area (Å²) in [6.45, 7) is 8.85. The first-order valence-corrected chi connectivity index (χ1v) is 11.9. The summed E-state index contributed by atoms with van der Waals surface area (Å²) < 4.78 is 2.05. The van der Waals surface area contributed by atoms with E-state index in [4.69, 9.17) is 23.2 Å². The summed E-state index contributed by atoms with van der Waals surface area (Å²) in [5, 5.41) is 14.0. The number of carbonyl (C=O) groups is 1. The van der Waals surface area contributed by atoms with Crippen LogP contribution in [0, 0.1) is 12.8 Å². The van der Waals surface area contributed by atoms with Crippen molar-refractivity contribution >= 4 is 40.9 Å². The molecule has 0 fully saturated rings. The van der Waals surface area contributed by atoms with Gasteiger partial charge >= 0.3 is 0 Å². The van der Waals surface area contributed by atoms with Gasteiger partial charge in [0.25, 0.3) is 5.91 Å². The van der Waals surface area contributed by atoms with Crippen LogP contribution in [0.2, 0.25) is 10.0 Å². The highest BCUT2D eigenvalue weighted by molar-refractivity contribution is 7.98. The summed E-state index contributed by atoms with van der Waals surface area (Å²) in [7, 11) is 0. The molecule has 1 amide bonds. The zero-order valence-electron chi connectivity index (χ0n) is 18.0. The van der Waals surface area contributed by atoms with Gasteiger partial charge in [-0.25, -0.2) is 0 Å². The van der Waals surface area contributed by atoms with Crippen molar-refractivity contribution < 1.29 is 4.79 Å². The first-order valence-electron chi connectivity index (χ1n) is 10.2. The molecule has 0 aliphatic heterocycles. The second-order valence-corrected chi connectivity index (χ2v) is 9.46. The van der Waals surface area contributed by atoms with Crippen LogP contribution in [0.15, 0.2) is 47.6 Å². The lowest BCUT2D eigenvalue weighted by molar-refractivity contribution is 0.0921. The molecule has 0 bridgehead atoms. The van der Waals surface area contributed by atoms with Gasteiger partial charge in [0.1, 0.15) is 0 Å². The van der Waals surface area contributed by atoms with Gasteiger partial charge in [-0.05, 0) is 49.6 Å². The van der Waals surface area contributed by atoms with Crippen molar-refractivity contribution in [3.8, 4) is 0 Å². The highest BCUT2D eigenvalue weighted by atomic mass is 35.5. The number of nitrogens with zero attached hydrogens (tertiary/aromatic N) is 3. The first kappa shape index (κ1) is 23.6. The van der Waals surface area contributed by atoms with Crippen LogP contribution in [-0.2, 0) is 12.3 Å². The Balaban J connectivity index is 1.81. The van der Waals surface area contributed by atoms with Crippen molar-refractivity contribution in [3.05, 3.63) is 75.0 Å². The largest absolute Gasteiger partial charge is 0.342 e. The molecule has 3 rings (SSSR count). The highest BCUT2D eigenvalue weighted by Crippen LogP contribution is 2.30. The van der Waals surface area contributed by atoms with E-state index in [2.05, 4.69) is 33.9 Å². The average Bonchev–Trinajstić information content (AvgIpc) is 3.13. The van der Waals surface area contributed by atoms with Crippen LogP contribution in [0.3, 0.4) is 0 Å². The monoisotopic (exact) mass is 476 g/mol. The van der Waals surface area contributed by atoms with Gasteiger partial charge in [-0.1, -0.05) is 72.6 Å². The maximum atomic E-state index is 12.9. The lowest BCUT2D eigenvalue weighted by Gasteiger charge is -2.22. The molecule has 0 radical (unpaired) electrons. The van der Waals surface area contributed by atoms with Gasteiger partial charge in [-0.3, -0.25) is 4.79 Å². The van der Waals surface area contributed by atoms with Gasteiger partial charge < -0.3 is 9.88 Å². The van der Waals surface area contributed by atoms with Crippen molar-refractivity contribution in [2.75, 3.05) is 0 Å². The number of rotatable bonds is 8. The van der Waals surface area contributed by atoms with Crippen molar-refractivity contribution in [2.24, 2.45) is 5.92 Å². The Morgan fingerprint density at radius 2 is 1.94 bits per heavy atom. The molecule has 3 aromatic rings. The Bertz CT molecular complexity index is 1070. The van der Waals surface area contributed by atoms with Crippen LogP contribution in [0.4, 0.5) is 0 Å². The van der Waals surface area contributed by atoms with E-state index in [-0.39, 0.29) is 17.9 Å². The van der Waals surface area contributed by atoms with E-state index in [0.717, 1.165) is 22.1 Å². The molecule has 0 unspecified atom stereocenters. The fraction of sp³-hybridized carbons (Fsp3) is 0.348. The number of carbonyl (C=O) groups excluding carboxylic acids is 1. The van der Waals surface area contributed by atoms with Crippen molar-refractivity contribution in [2.45, 2.75) is 51.2 Å². The predicted molar refractivity (Wildman–Crippen MR) is 128 cm³/mol. The normalized spacial score (nSPS) is 12.2. The minimum Gasteiger partial charge on any atom is -0.342 e. The molecule has 2 aromatic carbocycles. The van der Waals surface area contributed by atoms with Crippen LogP contribution < -0.4 is 5.32 Å². The maximum Gasteiger partial charge on any atom is 0.251 e. The maximum absolute atomic E-state index is 12.9. The van der Waals surface area contributed by atoms with Crippen LogP contribution in [-0.4, -0.2) is 20.7 Å². The van der Waals surface area contributed by atoms with Crippen LogP contribution >= 0.6 is 35.0 Å². The third kappa shape index (κ3) is 5.82. The second-order valence-electron chi connectivity index (χ2n) is 7.67. The number of benzene rings is 2. The summed E-state index contributed by atoms with van der Waals surface area (Å²) >= 11 is 13.9. The predicted octanol–water partition coefficient (Wildman–Crippen LogP) is 6.33. The van der Waals surface area contributed by atoms with Gasteiger partial charge in [0, 0.05) is 27.9 Å². The van der Waals surface area contributed by atoms with Crippen molar-refractivity contribution in [1.82, 2.24) is 20.1 Å². The molecular weight excluding hydrogens is 451 g/mol. The summed E-state index contributed by atoms with van der Waals surface area (Å²) in [6.07, 6.45) is 0. The van der Waals surface area contributed by atoms with Crippen LogP contribution in [0.25, 0.3) is 0 Å². The molecule has 164 valence electrons. The minimum atomic E-state index is -0.256. The van der Waals surface area contributed by atoms with E-state index >= 15 is 0 Å². The average molecular weight is 477 g/mol. The Labute approximate surface area is 197 Å². The summed E-state index contributed by atoms with van der Waals surface area (Å²) in [5.74, 6) is 1.43. The number of hydrogen-bond donors (Lipinski definition) is 1. The highest BCUT2D eigenvalue weighted by Gasteiger charge is 2.26. The molecule has 31 heavy (non-hydrogen) atoms. The lowest BCUT2D eigenvalue weighted by atomic mass is 10.0. The number of hydrogen-bond acceptors (Lipinski definition) is 4. The molecule has 5 nitrogen and oxygen atoms in total. The van der Waals surface area contributed by atoms with Gasteiger partial charge in [0.05, 0.1) is 6.04 Å². The number of aryl methyl sites for hydroxylation is 1. The third-order valence-electron chi connectivity index (χ3n) is 4.95. The topological polar surface area (TPSA) is 59.8 Å². The van der Waals surface area contributed by atoms with E-state index in [1.807, 2.05) is 50.2 Å². The summed E-state index contributed by atoms with van der Waals surface area (Å²) in [5.41, 5.74) is 2.67. The number of amides is 1. The molecule has 8 heteroatoms. The van der Waals surface area contributed by atoms with Crippen LogP contribution in [0.1, 0.15) is 54.1 Å². The number of nitrogens with one attached hydrogen (secondary N) is 1. The molecule has 1 heterocycles. The number of thioether (sulfide) groups is 1. The molecule has 0 aliphatic carbocycles. The minimum absolute atomic E-state index is 0.116. The molecule has 1 atom stereocenters. The molecule has 0 saturated heterocycles. The van der Waals surface area contributed by atoms with Gasteiger partial charge in [0.2, 0.25) is 0 Å². The van der Waals surface area contributed by atoms with Gasteiger partial charge in [-0.15, -0.1) is 10.2 Å². The van der Waals surface area contributed by atoms with E-state index in [0.29, 0.717) is 27.9 Å². The summed E-state index contributed by atoms with van der Waals surface area (Å²) in [4.78, 5) is 12.9. The lowest BCUT2D eigenvalue weighted by Crippen LogP contribution is -2.33. The molecule has 1 aromatic heterocycles. The van der Waals surface area contributed by atoms with Crippen molar-refractivity contribution in [1.29, 1.82) is 0 Å². The van der Waals surface area contributed by atoms with E-state index in [9.17, 15) is 4.79 Å². The zero-order valence-corrected chi connectivity index (χ0v) is 20.4. The Morgan fingerprint density at radius 3 is 2.58 bits per heavy atom. The number of halogens is 2. The van der Waals surface area contributed by atoms with E-state index < -0.39 is 0 Å². The Hall–Kier alpha value is -2.02. The second kappa shape index (κ2) is 10.5. The van der Waals surface area contributed by atoms with E-state index in [1.54, 1.807) is 17.8 Å². The van der Waals surface area contributed by atoms with Gasteiger partial charge in [-0.2, -0.15) is 0 Å². The van der Waals surface area contributed by atoms with E-state index in [1.165, 1.54) is 0 Å². The van der Waals surface area contributed by atoms with Gasteiger partial charge in [0.15, 0.2) is 11.0 Å². The number of aromatic nitrogens is 3. The zero-order chi connectivity index (χ0) is 22.5. The fourth-order valence-corrected chi connectivity index (χ4v) is 4.82. The SMILES string of the molecule is CCn1c(SCc2ccc(Cl)cc2Cl)nnc1[C@H](NC(=O)c1cccc(C)c1)C(C)C. The molecular formula is C23H26Cl2N4OS. The third-order valence-corrected chi connectivity index (χ3v) is 6.55. The molecule has 0 spiro atoms. The quantitative estimate of drug-likeness (QED) is 0.385. The Kier molecular flexibility index (Phi) is 8.03. The molecule has 0 saturated carbocycles. The summed E-state index contributed by atoms with van der Waals surface area (Å²) in [6, 6.07) is 12.8. The molecule has 0 aliphatic rings. The standard InChI is InChI=1S/C23H26Cl2N4OS/c1-5-29-21(20(14(2)3)26-22(30)16-8-6-7-15(4)11-16)27-28-23(29)31-13-17-9-10-18(24)12-19(17)25/h6-12,14,20H,5,13H2,1-4H3,(H,26,30)/t20-/m1/s1. The molecule has 1 N–H and O–H groups in total. The Morgan fingerprint density at radius 1 is 1.16 bits per heavy atom. The fourth-order valence-electron chi connectivity index (χ4n) is 3.26. The van der Waals surface area contributed by atoms with Crippen LogP contribution in [0.5, 0.6) is 0 Å². The van der Waals surface area contributed by atoms with Crippen molar-refractivity contribution in [3.63, 3.8) is 0 Å². The smallest absolute Gasteiger partial charge is 0.251 e. The first-order chi connectivity index (χ1) is 14.8.